The average molecular weight is 543 g/mol. The highest BCUT2D eigenvalue weighted by Crippen LogP contribution is 2.39. The molecule has 0 saturated heterocycles. The summed E-state index contributed by atoms with van der Waals surface area (Å²) in [6, 6.07) is 2.27. The molecule has 15 heteroatoms. The number of methoxy groups -OCH3 is 1. The Morgan fingerprint density at radius 1 is 1.30 bits per heavy atom. The summed E-state index contributed by atoms with van der Waals surface area (Å²) in [7, 11) is -3.22. The van der Waals surface area contributed by atoms with Crippen molar-refractivity contribution in [3.8, 4) is 17.0 Å². The number of anilines is 1. The van der Waals surface area contributed by atoms with Crippen LogP contribution in [0.15, 0.2) is 40.5 Å². The molecule has 2 amide bonds. The van der Waals surface area contributed by atoms with Crippen molar-refractivity contribution in [1.29, 1.82) is 0 Å². The molecule has 11 nitrogen and oxygen atoms in total. The van der Waals surface area contributed by atoms with E-state index in [0.29, 0.717) is 13.0 Å². The molecule has 0 bridgehead atoms. The maximum atomic E-state index is 13.7. The number of nitrogens with two attached hydrogens (primary N) is 1. The first-order chi connectivity index (χ1) is 17.4. The first-order valence-electron chi connectivity index (χ1n) is 10.9. The molecule has 0 unspecified atom stereocenters. The number of hydrogen-bond donors (Lipinski definition) is 3. The first-order valence-corrected chi connectivity index (χ1v) is 12.4. The predicted molar refractivity (Wildman–Crippen MR) is 129 cm³/mol. The summed E-state index contributed by atoms with van der Waals surface area (Å²) in [6.45, 7) is 3.67. The lowest BCUT2D eigenvalue weighted by Crippen LogP contribution is -2.38. The molecule has 3 rings (SSSR count). The van der Waals surface area contributed by atoms with Crippen LogP contribution >= 0.6 is 0 Å². The lowest BCUT2D eigenvalue weighted by atomic mass is 9.98. The van der Waals surface area contributed by atoms with Crippen LogP contribution in [-0.2, 0) is 20.9 Å². The highest BCUT2D eigenvalue weighted by atomic mass is 32.2. The molecule has 1 aliphatic rings. The Bertz CT molecular complexity index is 1340. The third-order valence-corrected chi connectivity index (χ3v) is 6.40. The summed E-state index contributed by atoms with van der Waals surface area (Å²) in [5.41, 5.74) is 4.15. The minimum atomic E-state index is -4.79. The molecule has 0 spiro atoms. The molecule has 2 aromatic rings. The van der Waals surface area contributed by atoms with Gasteiger partial charge in [-0.25, -0.2) is 27.9 Å². The van der Waals surface area contributed by atoms with Crippen molar-refractivity contribution in [1.82, 2.24) is 14.7 Å². The first kappa shape index (κ1) is 27.7. The molecule has 37 heavy (non-hydrogen) atoms. The van der Waals surface area contributed by atoms with Gasteiger partial charge in [0, 0.05) is 37.0 Å². The predicted octanol–water partition coefficient (Wildman–Crippen LogP) is 3.36. The number of nitrogens with zero attached hydrogens (tertiary/aromatic N) is 3. The van der Waals surface area contributed by atoms with Crippen LogP contribution in [0.25, 0.3) is 11.1 Å². The number of urea groups is 1. The third-order valence-electron chi connectivity index (χ3n) is 5.05. The van der Waals surface area contributed by atoms with E-state index in [1.807, 2.05) is 0 Å². The third kappa shape index (κ3) is 6.47. The number of hydrogen-bond acceptors (Lipinski definition) is 9. The van der Waals surface area contributed by atoms with Crippen molar-refractivity contribution in [3.63, 3.8) is 0 Å². The fourth-order valence-electron chi connectivity index (χ4n) is 3.38. The van der Waals surface area contributed by atoms with Crippen LogP contribution in [0.2, 0.25) is 0 Å². The largest absolute Gasteiger partial charge is 0.481 e. The SMILES string of the molecule is COc1cc(-c2cc(C(F)(F)F)nc(C(C)C)c2NC(=O)NS(=O)(=O)C(=CN)C2=NCCCO2)ccn1. The van der Waals surface area contributed by atoms with Gasteiger partial charge in [-0.15, -0.1) is 0 Å². The summed E-state index contributed by atoms with van der Waals surface area (Å²) in [4.78, 5) is 23.9. The van der Waals surface area contributed by atoms with Crippen molar-refractivity contribution in [2.75, 3.05) is 25.6 Å². The van der Waals surface area contributed by atoms with Gasteiger partial charge in [0.15, 0.2) is 4.91 Å². The zero-order valence-corrected chi connectivity index (χ0v) is 20.9. The molecule has 1 aliphatic heterocycles. The molecule has 2 aromatic heterocycles. The van der Waals surface area contributed by atoms with E-state index in [9.17, 15) is 26.4 Å². The Morgan fingerprint density at radius 3 is 2.59 bits per heavy atom. The number of alkyl halides is 3. The molecule has 3 heterocycles. The van der Waals surface area contributed by atoms with E-state index in [-0.39, 0.29) is 40.9 Å². The Balaban J connectivity index is 2.07. The average Bonchev–Trinajstić information content (AvgIpc) is 2.83. The Labute approximate surface area is 211 Å². The Kier molecular flexibility index (Phi) is 8.25. The number of nitrogens with one attached hydrogen (secondary N) is 2. The number of aliphatic imine (C=N–C) groups is 1. The van der Waals surface area contributed by atoms with Gasteiger partial charge in [-0.05, 0) is 23.6 Å². The maximum Gasteiger partial charge on any atom is 0.433 e. The number of amides is 2. The molecule has 0 aromatic carbocycles. The van der Waals surface area contributed by atoms with E-state index in [1.165, 1.54) is 25.4 Å². The van der Waals surface area contributed by atoms with Gasteiger partial charge < -0.3 is 20.5 Å². The number of carbonyl (C=O) groups excluding carboxylic acids is 1. The number of aromatic nitrogens is 2. The number of ether oxygens (including phenoxy) is 2. The fraction of sp³-hybridized carbons (Fsp3) is 0.364. The molecular formula is C22H25F3N6O5S. The van der Waals surface area contributed by atoms with Gasteiger partial charge in [-0.2, -0.15) is 13.2 Å². The molecule has 200 valence electrons. The van der Waals surface area contributed by atoms with Gasteiger partial charge in [0.2, 0.25) is 11.8 Å². The van der Waals surface area contributed by atoms with Gasteiger partial charge in [0.05, 0.1) is 25.1 Å². The van der Waals surface area contributed by atoms with E-state index in [1.54, 1.807) is 18.6 Å². The quantitative estimate of drug-likeness (QED) is 0.481. The molecule has 0 radical (unpaired) electrons. The van der Waals surface area contributed by atoms with Crippen molar-refractivity contribution in [2.24, 2.45) is 10.7 Å². The number of rotatable bonds is 7. The molecular weight excluding hydrogens is 517 g/mol. The monoisotopic (exact) mass is 542 g/mol. The number of sulfonamides is 1. The summed E-state index contributed by atoms with van der Waals surface area (Å²) >= 11 is 0. The molecule has 0 fully saturated rings. The molecule has 0 atom stereocenters. The lowest BCUT2D eigenvalue weighted by molar-refractivity contribution is -0.141. The summed E-state index contributed by atoms with van der Waals surface area (Å²) < 4.78 is 78.8. The minimum absolute atomic E-state index is 0.0751. The highest BCUT2D eigenvalue weighted by Gasteiger charge is 2.35. The zero-order valence-electron chi connectivity index (χ0n) is 20.1. The van der Waals surface area contributed by atoms with Crippen molar-refractivity contribution >= 4 is 27.6 Å². The van der Waals surface area contributed by atoms with Crippen LogP contribution in [0.1, 0.15) is 37.6 Å². The van der Waals surface area contributed by atoms with E-state index in [2.05, 4.69) is 20.3 Å². The van der Waals surface area contributed by atoms with Crippen molar-refractivity contribution < 1.29 is 35.9 Å². The van der Waals surface area contributed by atoms with E-state index in [0.717, 1.165) is 12.3 Å². The highest BCUT2D eigenvalue weighted by molar-refractivity contribution is 7.94. The second-order valence-electron chi connectivity index (χ2n) is 8.03. The standard InChI is InChI=1S/C22H25F3N6O5S/c1-12(2)18-19(30-21(32)31-37(33,34)15(11-26)20-28-6-4-8-36-20)14(10-16(29-18)22(23,24)25)13-5-7-27-17(9-13)35-3/h5,7,9-12H,4,6,8,26H2,1-3H3,(H2,30,31,32). The van der Waals surface area contributed by atoms with Gasteiger partial charge in [-0.1, -0.05) is 13.8 Å². The Hall–Kier alpha value is -3.88. The maximum absolute atomic E-state index is 13.7. The topological polar surface area (TPSA) is 158 Å². The second kappa shape index (κ2) is 11.0. The van der Waals surface area contributed by atoms with Crippen LogP contribution in [0, 0.1) is 0 Å². The second-order valence-corrected chi connectivity index (χ2v) is 9.68. The molecule has 0 saturated carbocycles. The van der Waals surface area contributed by atoms with Crippen molar-refractivity contribution in [3.05, 3.63) is 46.9 Å². The number of pyridine rings is 2. The van der Waals surface area contributed by atoms with Crippen LogP contribution in [0.4, 0.5) is 23.7 Å². The minimum Gasteiger partial charge on any atom is -0.481 e. The summed E-state index contributed by atoms with van der Waals surface area (Å²) in [6.07, 6.45) is -2.17. The smallest absolute Gasteiger partial charge is 0.433 e. The van der Waals surface area contributed by atoms with Crippen LogP contribution < -0.4 is 20.5 Å². The van der Waals surface area contributed by atoms with Gasteiger partial charge in [0.1, 0.15) is 5.69 Å². The van der Waals surface area contributed by atoms with Gasteiger partial charge >= 0.3 is 12.2 Å². The Morgan fingerprint density at radius 2 is 2.03 bits per heavy atom. The van der Waals surface area contributed by atoms with Crippen molar-refractivity contribution in [2.45, 2.75) is 32.4 Å². The summed E-state index contributed by atoms with van der Waals surface area (Å²) in [5.74, 6) is -0.739. The van der Waals surface area contributed by atoms with E-state index in [4.69, 9.17) is 15.2 Å². The van der Waals surface area contributed by atoms with E-state index < -0.39 is 38.7 Å². The van der Waals surface area contributed by atoms with Crippen LogP contribution in [0.3, 0.4) is 0 Å². The van der Waals surface area contributed by atoms with E-state index >= 15 is 0 Å². The normalized spacial score (nSPS) is 14.6. The van der Waals surface area contributed by atoms with Gasteiger partial charge in [0.25, 0.3) is 10.0 Å². The zero-order chi connectivity index (χ0) is 27.4. The number of carbonyl (C=O) groups is 1. The summed E-state index contributed by atoms with van der Waals surface area (Å²) in [5, 5.41) is 2.34. The molecule has 4 N–H and O–H groups in total. The van der Waals surface area contributed by atoms with Gasteiger partial charge in [-0.3, -0.25) is 4.99 Å². The van der Waals surface area contributed by atoms with Crippen LogP contribution in [0.5, 0.6) is 5.88 Å². The molecule has 0 aliphatic carbocycles. The fourth-order valence-corrected chi connectivity index (χ4v) is 4.31. The van der Waals surface area contributed by atoms with Crippen LogP contribution in [-0.4, -0.2) is 50.6 Å². The number of halogens is 3. The lowest BCUT2D eigenvalue weighted by Gasteiger charge is -2.21.